The molecule has 1 aliphatic rings. The van der Waals surface area contributed by atoms with Gasteiger partial charge in [-0.25, -0.2) is 8.42 Å². The largest absolute Gasteiger partial charge is 0.329 e. The van der Waals surface area contributed by atoms with E-state index in [-0.39, 0.29) is 5.75 Å². The summed E-state index contributed by atoms with van der Waals surface area (Å²) < 4.78 is 22.8. The molecular weight excluding hydrogens is 236 g/mol. The lowest BCUT2D eigenvalue weighted by Crippen LogP contribution is -2.49. The molecule has 0 aromatic rings. The highest BCUT2D eigenvalue weighted by Crippen LogP contribution is 2.22. The van der Waals surface area contributed by atoms with E-state index in [2.05, 4.69) is 11.8 Å². The van der Waals surface area contributed by atoms with Gasteiger partial charge in [-0.05, 0) is 38.3 Å². The minimum absolute atomic E-state index is 0.254. The van der Waals surface area contributed by atoms with Crippen LogP contribution in [-0.2, 0) is 9.84 Å². The molecule has 1 saturated heterocycles. The number of likely N-dealkylation sites (tertiary alicyclic amines) is 1. The molecule has 0 aromatic carbocycles. The first-order valence-electron chi connectivity index (χ1n) is 6.64. The fraction of sp³-hybridized carbons (Fsp3) is 1.00. The van der Waals surface area contributed by atoms with Gasteiger partial charge in [0, 0.05) is 18.3 Å². The third-order valence-corrected chi connectivity index (χ3v) is 5.60. The van der Waals surface area contributed by atoms with Crippen LogP contribution in [0.15, 0.2) is 0 Å². The molecule has 0 saturated carbocycles. The summed E-state index contributed by atoms with van der Waals surface area (Å²) in [5.74, 6) is 1.20. The minimum atomic E-state index is -2.82. The highest BCUT2D eigenvalue weighted by Gasteiger charge is 2.26. The van der Waals surface area contributed by atoms with Crippen molar-refractivity contribution in [3.05, 3.63) is 0 Å². The second-order valence-corrected chi connectivity index (χ2v) is 7.52. The number of piperidine rings is 1. The standard InChI is InChI=1S/C12H26N2O2S/c1-3-17(15,16)9-5-8-14-7-4-6-11(2)12(14)10-13/h11-12H,3-10,13H2,1-2H3. The van der Waals surface area contributed by atoms with Gasteiger partial charge in [0.25, 0.3) is 0 Å². The van der Waals surface area contributed by atoms with Crippen molar-refractivity contribution in [2.75, 3.05) is 31.1 Å². The van der Waals surface area contributed by atoms with Gasteiger partial charge in [-0.15, -0.1) is 0 Å². The third-order valence-electron chi connectivity index (χ3n) is 3.81. The zero-order chi connectivity index (χ0) is 12.9. The average Bonchev–Trinajstić information content (AvgIpc) is 2.29. The van der Waals surface area contributed by atoms with Crippen LogP contribution in [0.5, 0.6) is 0 Å². The van der Waals surface area contributed by atoms with Crippen LogP contribution >= 0.6 is 0 Å². The van der Waals surface area contributed by atoms with Gasteiger partial charge in [0.05, 0.1) is 5.75 Å². The molecule has 0 bridgehead atoms. The first-order chi connectivity index (χ1) is 8.00. The van der Waals surface area contributed by atoms with Crippen molar-refractivity contribution in [3.8, 4) is 0 Å². The Hall–Kier alpha value is -0.130. The van der Waals surface area contributed by atoms with Crippen LogP contribution in [0.1, 0.15) is 33.1 Å². The number of rotatable bonds is 6. The van der Waals surface area contributed by atoms with Crippen LogP contribution in [0.3, 0.4) is 0 Å². The van der Waals surface area contributed by atoms with E-state index >= 15 is 0 Å². The number of nitrogens with zero attached hydrogens (tertiary/aromatic N) is 1. The molecule has 1 fully saturated rings. The smallest absolute Gasteiger partial charge is 0.150 e. The van der Waals surface area contributed by atoms with Gasteiger partial charge < -0.3 is 5.73 Å². The highest BCUT2D eigenvalue weighted by molar-refractivity contribution is 7.91. The van der Waals surface area contributed by atoms with Crippen molar-refractivity contribution >= 4 is 9.84 Å². The van der Waals surface area contributed by atoms with Gasteiger partial charge in [0.2, 0.25) is 0 Å². The van der Waals surface area contributed by atoms with Crippen LogP contribution in [0.2, 0.25) is 0 Å². The molecule has 0 amide bonds. The summed E-state index contributed by atoms with van der Waals surface area (Å²) in [5.41, 5.74) is 5.81. The molecule has 2 unspecified atom stereocenters. The van der Waals surface area contributed by atoms with Crippen molar-refractivity contribution in [1.29, 1.82) is 0 Å². The van der Waals surface area contributed by atoms with Crippen molar-refractivity contribution in [2.45, 2.75) is 39.2 Å². The Labute approximate surface area is 105 Å². The predicted octanol–water partition coefficient (Wildman–Crippen LogP) is 0.870. The summed E-state index contributed by atoms with van der Waals surface area (Å²) in [7, 11) is -2.82. The molecule has 1 aliphatic heterocycles. The molecule has 2 atom stereocenters. The van der Waals surface area contributed by atoms with Gasteiger partial charge in [0.15, 0.2) is 0 Å². The number of hydrogen-bond acceptors (Lipinski definition) is 4. The van der Waals surface area contributed by atoms with E-state index in [1.54, 1.807) is 6.92 Å². The fourth-order valence-electron chi connectivity index (χ4n) is 2.63. The maximum absolute atomic E-state index is 11.4. The molecular formula is C12H26N2O2S. The molecule has 0 aromatic heterocycles. The first-order valence-corrected chi connectivity index (χ1v) is 8.47. The Morgan fingerprint density at radius 3 is 2.71 bits per heavy atom. The summed E-state index contributed by atoms with van der Waals surface area (Å²) in [6.07, 6.45) is 3.18. The zero-order valence-corrected chi connectivity index (χ0v) is 11.9. The van der Waals surface area contributed by atoms with Gasteiger partial charge >= 0.3 is 0 Å². The van der Waals surface area contributed by atoms with Crippen LogP contribution in [0.4, 0.5) is 0 Å². The highest BCUT2D eigenvalue weighted by atomic mass is 32.2. The monoisotopic (exact) mass is 262 g/mol. The lowest BCUT2D eigenvalue weighted by Gasteiger charge is -2.39. The van der Waals surface area contributed by atoms with Crippen molar-refractivity contribution in [1.82, 2.24) is 4.90 Å². The summed E-state index contributed by atoms with van der Waals surface area (Å²) in [5, 5.41) is 0. The average molecular weight is 262 g/mol. The Morgan fingerprint density at radius 1 is 1.41 bits per heavy atom. The molecule has 102 valence electrons. The molecule has 17 heavy (non-hydrogen) atoms. The van der Waals surface area contributed by atoms with E-state index in [0.717, 1.165) is 19.5 Å². The maximum atomic E-state index is 11.4. The molecule has 0 radical (unpaired) electrons. The maximum Gasteiger partial charge on any atom is 0.150 e. The van der Waals surface area contributed by atoms with E-state index < -0.39 is 9.84 Å². The number of sulfone groups is 1. The third kappa shape index (κ3) is 4.56. The summed E-state index contributed by atoms with van der Waals surface area (Å²) >= 11 is 0. The second-order valence-electron chi connectivity index (χ2n) is 5.05. The molecule has 5 heteroatoms. The first kappa shape index (κ1) is 14.9. The SMILES string of the molecule is CCS(=O)(=O)CCCN1CCCC(C)C1CN. The Kier molecular flexibility index (Phi) is 5.89. The van der Waals surface area contributed by atoms with E-state index in [9.17, 15) is 8.42 Å². The predicted molar refractivity (Wildman–Crippen MR) is 71.8 cm³/mol. The van der Waals surface area contributed by atoms with Crippen molar-refractivity contribution in [2.24, 2.45) is 11.7 Å². The topological polar surface area (TPSA) is 63.4 Å². The Balaban J connectivity index is 2.39. The van der Waals surface area contributed by atoms with E-state index in [4.69, 9.17) is 5.73 Å². The lowest BCUT2D eigenvalue weighted by molar-refractivity contribution is 0.107. The minimum Gasteiger partial charge on any atom is -0.329 e. The summed E-state index contributed by atoms with van der Waals surface area (Å²) in [4.78, 5) is 2.37. The van der Waals surface area contributed by atoms with Crippen molar-refractivity contribution in [3.63, 3.8) is 0 Å². The van der Waals surface area contributed by atoms with E-state index in [0.29, 0.717) is 24.3 Å². The molecule has 2 N–H and O–H groups in total. The quantitative estimate of drug-likeness (QED) is 0.771. The normalized spacial score (nSPS) is 27.2. The molecule has 1 rings (SSSR count). The van der Waals surface area contributed by atoms with Gasteiger partial charge in [-0.3, -0.25) is 4.90 Å². The van der Waals surface area contributed by atoms with Crippen LogP contribution in [0.25, 0.3) is 0 Å². The Morgan fingerprint density at radius 2 is 2.12 bits per heavy atom. The zero-order valence-electron chi connectivity index (χ0n) is 11.1. The molecule has 0 aliphatic carbocycles. The van der Waals surface area contributed by atoms with Crippen molar-refractivity contribution < 1.29 is 8.42 Å². The molecule has 0 spiro atoms. The summed E-state index contributed by atoms with van der Waals surface area (Å²) in [6, 6.07) is 0.438. The fourth-order valence-corrected chi connectivity index (χ4v) is 3.48. The van der Waals surface area contributed by atoms with E-state index in [1.165, 1.54) is 12.8 Å². The van der Waals surface area contributed by atoms with Crippen LogP contribution in [-0.4, -0.2) is 50.5 Å². The van der Waals surface area contributed by atoms with Crippen LogP contribution < -0.4 is 5.73 Å². The summed E-state index contributed by atoms with van der Waals surface area (Å²) in [6.45, 7) is 6.57. The lowest BCUT2D eigenvalue weighted by atomic mass is 9.91. The van der Waals surface area contributed by atoms with Crippen LogP contribution in [0, 0.1) is 5.92 Å². The Bertz CT molecular complexity index is 316. The molecule has 1 heterocycles. The number of nitrogens with two attached hydrogens (primary N) is 1. The van der Waals surface area contributed by atoms with Gasteiger partial charge in [-0.1, -0.05) is 13.8 Å². The second kappa shape index (κ2) is 6.71. The van der Waals surface area contributed by atoms with Gasteiger partial charge in [-0.2, -0.15) is 0 Å². The van der Waals surface area contributed by atoms with Gasteiger partial charge in [0.1, 0.15) is 9.84 Å². The number of hydrogen-bond donors (Lipinski definition) is 1. The molecule has 4 nitrogen and oxygen atoms in total. The van der Waals surface area contributed by atoms with E-state index in [1.807, 2.05) is 0 Å².